The summed E-state index contributed by atoms with van der Waals surface area (Å²) in [6.07, 6.45) is 6.37. The van der Waals surface area contributed by atoms with Gasteiger partial charge in [-0.15, -0.1) is 10.2 Å². The first-order valence-corrected chi connectivity index (χ1v) is 8.46. The number of aromatic nitrogens is 4. The Morgan fingerprint density at radius 3 is 2.73 bits per heavy atom. The molecule has 4 rings (SSSR count). The Bertz CT molecular complexity index is 878. The van der Waals surface area contributed by atoms with Gasteiger partial charge in [0.15, 0.2) is 11.6 Å². The van der Waals surface area contributed by atoms with Crippen LogP contribution in [0.4, 0.5) is 8.78 Å². The van der Waals surface area contributed by atoms with Gasteiger partial charge in [0.2, 0.25) is 5.89 Å². The molecule has 6 nitrogen and oxygen atoms in total. The minimum absolute atomic E-state index is 0.154. The van der Waals surface area contributed by atoms with E-state index in [-0.39, 0.29) is 5.92 Å². The van der Waals surface area contributed by atoms with E-state index >= 15 is 0 Å². The SMILES string of the molecule is Fc1cccc(CN2CCC(c3nnc(-c4cnccn4)o3)CC2)c1F. The summed E-state index contributed by atoms with van der Waals surface area (Å²) >= 11 is 0. The van der Waals surface area contributed by atoms with Crippen molar-refractivity contribution in [1.82, 2.24) is 25.1 Å². The lowest BCUT2D eigenvalue weighted by Crippen LogP contribution is -2.32. The van der Waals surface area contributed by atoms with Crippen molar-refractivity contribution < 1.29 is 13.2 Å². The molecule has 8 heteroatoms. The van der Waals surface area contributed by atoms with Crippen molar-refractivity contribution in [3.8, 4) is 11.6 Å². The van der Waals surface area contributed by atoms with Gasteiger partial charge in [-0.05, 0) is 32.0 Å². The summed E-state index contributed by atoms with van der Waals surface area (Å²) in [6, 6.07) is 4.29. The number of nitrogens with zero attached hydrogens (tertiary/aromatic N) is 5. The van der Waals surface area contributed by atoms with E-state index < -0.39 is 11.6 Å². The van der Waals surface area contributed by atoms with Crippen LogP contribution in [0.15, 0.2) is 41.2 Å². The van der Waals surface area contributed by atoms with E-state index in [9.17, 15) is 8.78 Å². The number of halogens is 2. The van der Waals surface area contributed by atoms with Gasteiger partial charge in [0.05, 0.1) is 6.20 Å². The van der Waals surface area contributed by atoms with Gasteiger partial charge >= 0.3 is 0 Å². The molecule has 134 valence electrons. The molecule has 0 unspecified atom stereocenters. The van der Waals surface area contributed by atoms with Crippen molar-refractivity contribution in [2.24, 2.45) is 0 Å². The molecule has 2 aromatic heterocycles. The zero-order chi connectivity index (χ0) is 17.9. The van der Waals surface area contributed by atoms with Gasteiger partial charge in [0.25, 0.3) is 5.89 Å². The molecule has 1 fully saturated rings. The van der Waals surface area contributed by atoms with Crippen LogP contribution < -0.4 is 0 Å². The molecule has 1 aliphatic rings. The Labute approximate surface area is 148 Å². The van der Waals surface area contributed by atoms with Crippen molar-refractivity contribution in [3.05, 3.63) is 59.9 Å². The Morgan fingerprint density at radius 2 is 1.96 bits per heavy atom. The quantitative estimate of drug-likeness (QED) is 0.714. The first-order valence-electron chi connectivity index (χ1n) is 8.46. The predicted molar refractivity (Wildman–Crippen MR) is 88.9 cm³/mol. The molecular formula is C18H17F2N5O. The Hall–Kier alpha value is -2.74. The highest BCUT2D eigenvalue weighted by atomic mass is 19.2. The van der Waals surface area contributed by atoms with Gasteiger partial charge < -0.3 is 4.42 Å². The first-order chi connectivity index (χ1) is 12.7. The van der Waals surface area contributed by atoms with Crippen LogP contribution in [0.25, 0.3) is 11.6 Å². The molecule has 0 radical (unpaired) electrons. The minimum Gasteiger partial charge on any atom is -0.419 e. The third-order valence-electron chi connectivity index (χ3n) is 4.59. The summed E-state index contributed by atoms with van der Waals surface area (Å²) < 4.78 is 32.9. The zero-order valence-corrected chi connectivity index (χ0v) is 14.0. The second-order valence-corrected chi connectivity index (χ2v) is 6.30. The summed E-state index contributed by atoms with van der Waals surface area (Å²) in [5.74, 6) is -0.471. The number of hydrogen-bond donors (Lipinski definition) is 0. The predicted octanol–water partition coefficient (Wildman–Crippen LogP) is 3.18. The van der Waals surface area contributed by atoms with Crippen LogP contribution >= 0.6 is 0 Å². The molecule has 3 heterocycles. The second kappa shape index (κ2) is 7.25. The van der Waals surface area contributed by atoms with E-state index in [1.807, 2.05) is 0 Å². The zero-order valence-electron chi connectivity index (χ0n) is 14.0. The number of rotatable bonds is 4. The second-order valence-electron chi connectivity index (χ2n) is 6.30. The molecule has 0 spiro atoms. The van der Waals surface area contributed by atoms with E-state index in [0.717, 1.165) is 32.0 Å². The third kappa shape index (κ3) is 3.45. The summed E-state index contributed by atoms with van der Waals surface area (Å²) in [4.78, 5) is 10.2. The molecule has 0 bridgehead atoms. The fourth-order valence-corrected chi connectivity index (χ4v) is 3.16. The van der Waals surface area contributed by atoms with Crippen LogP contribution in [0.2, 0.25) is 0 Å². The number of piperidine rings is 1. The molecule has 1 aromatic carbocycles. The summed E-state index contributed by atoms with van der Waals surface area (Å²) in [5.41, 5.74) is 0.927. The average Bonchev–Trinajstić information content (AvgIpc) is 3.17. The molecule has 0 atom stereocenters. The van der Waals surface area contributed by atoms with Crippen LogP contribution in [0.1, 0.15) is 30.2 Å². The van der Waals surface area contributed by atoms with Crippen LogP contribution in [0.3, 0.4) is 0 Å². The summed E-state index contributed by atoms with van der Waals surface area (Å²) in [7, 11) is 0. The van der Waals surface area contributed by atoms with E-state index in [0.29, 0.717) is 29.6 Å². The van der Waals surface area contributed by atoms with Crippen LogP contribution in [-0.2, 0) is 6.54 Å². The lowest BCUT2D eigenvalue weighted by atomic mass is 9.96. The summed E-state index contributed by atoms with van der Waals surface area (Å²) in [5, 5.41) is 8.18. The fraction of sp³-hybridized carbons (Fsp3) is 0.333. The molecule has 0 saturated carbocycles. The van der Waals surface area contributed by atoms with Crippen molar-refractivity contribution in [2.75, 3.05) is 13.1 Å². The van der Waals surface area contributed by atoms with Crippen LogP contribution in [0.5, 0.6) is 0 Å². The van der Waals surface area contributed by atoms with E-state index in [2.05, 4.69) is 25.1 Å². The first kappa shape index (κ1) is 16.7. The van der Waals surface area contributed by atoms with Gasteiger partial charge in [-0.25, -0.2) is 13.8 Å². The van der Waals surface area contributed by atoms with E-state index in [4.69, 9.17) is 4.42 Å². The van der Waals surface area contributed by atoms with Gasteiger partial charge in [0.1, 0.15) is 5.69 Å². The van der Waals surface area contributed by atoms with Gasteiger partial charge in [-0.1, -0.05) is 12.1 Å². The lowest BCUT2D eigenvalue weighted by Gasteiger charge is -2.30. The largest absolute Gasteiger partial charge is 0.419 e. The van der Waals surface area contributed by atoms with Crippen LogP contribution in [-0.4, -0.2) is 38.2 Å². The maximum absolute atomic E-state index is 13.8. The van der Waals surface area contributed by atoms with Crippen molar-refractivity contribution in [3.63, 3.8) is 0 Å². The normalized spacial score (nSPS) is 16.1. The lowest BCUT2D eigenvalue weighted by molar-refractivity contribution is 0.190. The highest BCUT2D eigenvalue weighted by Gasteiger charge is 2.26. The monoisotopic (exact) mass is 357 g/mol. The molecule has 26 heavy (non-hydrogen) atoms. The maximum Gasteiger partial charge on any atom is 0.267 e. The number of benzene rings is 1. The maximum atomic E-state index is 13.8. The molecule has 1 aliphatic heterocycles. The molecular weight excluding hydrogens is 340 g/mol. The highest BCUT2D eigenvalue weighted by Crippen LogP contribution is 2.29. The fourth-order valence-electron chi connectivity index (χ4n) is 3.16. The van der Waals surface area contributed by atoms with Crippen molar-refractivity contribution in [1.29, 1.82) is 0 Å². The van der Waals surface area contributed by atoms with Crippen molar-refractivity contribution in [2.45, 2.75) is 25.3 Å². The third-order valence-corrected chi connectivity index (χ3v) is 4.59. The molecule has 0 aliphatic carbocycles. The molecule has 0 amide bonds. The van der Waals surface area contributed by atoms with E-state index in [1.54, 1.807) is 24.7 Å². The minimum atomic E-state index is -0.806. The van der Waals surface area contributed by atoms with Gasteiger partial charge in [-0.3, -0.25) is 9.88 Å². The summed E-state index contributed by atoms with van der Waals surface area (Å²) in [6.45, 7) is 1.90. The average molecular weight is 357 g/mol. The Balaban J connectivity index is 1.38. The Kier molecular flexibility index (Phi) is 4.66. The topological polar surface area (TPSA) is 67.9 Å². The van der Waals surface area contributed by atoms with Gasteiger partial charge in [-0.2, -0.15) is 0 Å². The molecule has 0 N–H and O–H groups in total. The molecule has 3 aromatic rings. The smallest absolute Gasteiger partial charge is 0.267 e. The molecule has 1 saturated heterocycles. The standard InChI is InChI=1S/C18H17F2N5O/c19-14-3-1-2-13(16(14)20)11-25-8-4-12(5-9-25)17-23-24-18(26-17)15-10-21-6-7-22-15/h1-3,6-7,10,12H,4-5,8-9,11H2. The highest BCUT2D eigenvalue weighted by molar-refractivity contribution is 5.43. The Morgan fingerprint density at radius 1 is 1.12 bits per heavy atom. The van der Waals surface area contributed by atoms with E-state index in [1.165, 1.54) is 6.07 Å². The van der Waals surface area contributed by atoms with Crippen LogP contribution in [0, 0.1) is 11.6 Å². The van der Waals surface area contributed by atoms with Gasteiger partial charge in [0, 0.05) is 30.4 Å². The number of likely N-dealkylation sites (tertiary alicyclic amines) is 1. The van der Waals surface area contributed by atoms with Crippen molar-refractivity contribution >= 4 is 0 Å². The number of hydrogen-bond acceptors (Lipinski definition) is 6.